The Morgan fingerprint density at radius 1 is 1.38 bits per heavy atom. The van der Waals surface area contributed by atoms with Gasteiger partial charge in [0, 0.05) is 28.3 Å². The quantitative estimate of drug-likeness (QED) is 0.481. The van der Waals surface area contributed by atoms with Crippen molar-refractivity contribution in [2.45, 2.75) is 5.16 Å². The number of rotatable bonds is 4. The topological polar surface area (TPSA) is 29.0 Å². The summed E-state index contributed by atoms with van der Waals surface area (Å²) in [4.78, 5) is 10.6. The van der Waals surface area contributed by atoms with Crippen LogP contribution < -0.4 is 0 Å². The zero-order chi connectivity index (χ0) is 9.68. The van der Waals surface area contributed by atoms with E-state index in [1.54, 1.807) is 11.8 Å². The van der Waals surface area contributed by atoms with E-state index in [0.717, 1.165) is 21.0 Å². The molecule has 0 atom stereocenters. The number of hydrogen-bond donors (Lipinski definition) is 0. The molecule has 0 radical (unpaired) electrons. The molecule has 0 fully saturated rings. The SMILES string of the molecule is CN(C)CCSc1ncc(I)cn1. The third kappa shape index (κ3) is 4.78. The second-order valence-electron chi connectivity index (χ2n) is 2.84. The summed E-state index contributed by atoms with van der Waals surface area (Å²) in [5, 5.41) is 0.863. The number of thioether (sulfide) groups is 1. The molecule has 0 aliphatic heterocycles. The van der Waals surface area contributed by atoms with Gasteiger partial charge in [0.05, 0.1) is 0 Å². The van der Waals surface area contributed by atoms with Crippen molar-refractivity contribution >= 4 is 34.4 Å². The van der Waals surface area contributed by atoms with E-state index in [0.29, 0.717) is 0 Å². The van der Waals surface area contributed by atoms with E-state index >= 15 is 0 Å². The highest BCUT2D eigenvalue weighted by atomic mass is 127. The predicted octanol–water partition coefficient (Wildman–Crippen LogP) is 1.73. The van der Waals surface area contributed by atoms with Crippen LogP contribution >= 0.6 is 34.4 Å². The molecule has 13 heavy (non-hydrogen) atoms. The molecule has 0 aromatic carbocycles. The fraction of sp³-hybridized carbons (Fsp3) is 0.500. The molecule has 1 aromatic rings. The summed E-state index contributed by atoms with van der Waals surface area (Å²) < 4.78 is 1.08. The Kier molecular flexibility index (Phi) is 4.97. The van der Waals surface area contributed by atoms with Crippen LogP contribution in [0.1, 0.15) is 0 Å². The molecule has 0 amide bonds. The molecule has 1 rings (SSSR count). The fourth-order valence-electron chi connectivity index (χ4n) is 0.694. The zero-order valence-corrected chi connectivity index (χ0v) is 10.7. The maximum absolute atomic E-state index is 4.20. The minimum absolute atomic E-state index is 0.863. The molecule has 0 aliphatic carbocycles. The molecule has 3 nitrogen and oxygen atoms in total. The van der Waals surface area contributed by atoms with Crippen LogP contribution in [0.15, 0.2) is 17.6 Å². The van der Waals surface area contributed by atoms with Crippen LogP contribution in [0.25, 0.3) is 0 Å². The Labute approximate surface area is 96.5 Å². The van der Waals surface area contributed by atoms with E-state index in [9.17, 15) is 0 Å². The molecule has 0 bridgehead atoms. The first-order valence-corrected chi connectivity index (χ1v) is 6.00. The van der Waals surface area contributed by atoms with Gasteiger partial charge in [-0.25, -0.2) is 9.97 Å². The number of halogens is 1. The Bertz CT molecular complexity index is 250. The minimum atomic E-state index is 0.863. The van der Waals surface area contributed by atoms with E-state index in [4.69, 9.17) is 0 Å². The maximum atomic E-state index is 4.20. The Balaban J connectivity index is 2.33. The van der Waals surface area contributed by atoms with E-state index in [1.165, 1.54) is 0 Å². The monoisotopic (exact) mass is 309 g/mol. The van der Waals surface area contributed by atoms with Crippen LogP contribution in [-0.2, 0) is 0 Å². The van der Waals surface area contributed by atoms with Crippen molar-refractivity contribution < 1.29 is 0 Å². The van der Waals surface area contributed by atoms with Crippen LogP contribution in [0, 0.1) is 3.57 Å². The lowest BCUT2D eigenvalue weighted by molar-refractivity contribution is 0.437. The third-order valence-corrected chi connectivity index (χ3v) is 2.78. The molecular formula is C8H12IN3S. The van der Waals surface area contributed by atoms with Gasteiger partial charge >= 0.3 is 0 Å². The van der Waals surface area contributed by atoms with Crippen LogP contribution in [0.5, 0.6) is 0 Å². The molecule has 1 aromatic heterocycles. The smallest absolute Gasteiger partial charge is 0.187 e. The lowest BCUT2D eigenvalue weighted by Gasteiger charge is -2.07. The maximum Gasteiger partial charge on any atom is 0.187 e. The summed E-state index contributed by atoms with van der Waals surface area (Å²) >= 11 is 3.89. The van der Waals surface area contributed by atoms with Gasteiger partial charge in [-0.1, -0.05) is 11.8 Å². The Morgan fingerprint density at radius 2 is 2.00 bits per heavy atom. The minimum Gasteiger partial charge on any atom is -0.309 e. The van der Waals surface area contributed by atoms with Crippen molar-refractivity contribution in [2.75, 3.05) is 26.4 Å². The normalized spacial score (nSPS) is 10.8. The highest BCUT2D eigenvalue weighted by Gasteiger charge is 1.97. The second-order valence-corrected chi connectivity index (χ2v) is 5.14. The first-order chi connectivity index (χ1) is 6.18. The summed E-state index contributed by atoms with van der Waals surface area (Å²) in [6.45, 7) is 1.06. The van der Waals surface area contributed by atoms with Gasteiger partial charge in [0.15, 0.2) is 5.16 Å². The Morgan fingerprint density at radius 3 is 2.54 bits per heavy atom. The average Bonchev–Trinajstić information content (AvgIpc) is 2.08. The zero-order valence-electron chi connectivity index (χ0n) is 7.70. The van der Waals surface area contributed by atoms with Crippen LogP contribution in [0.4, 0.5) is 0 Å². The van der Waals surface area contributed by atoms with Crippen molar-refractivity contribution in [1.29, 1.82) is 0 Å². The number of aromatic nitrogens is 2. The summed E-state index contributed by atoms with van der Waals surface area (Å²) in [6, 6.07) is 0. The molecule has 0 aliphatic rings. The van der Waals surface area contributed by atoms with Crippen LogP contribution in [0.3, 0.4) is 0 Å². The average molecular weight is 309 g/mol. The summed E-state index contributed by atoms with van der Waals surface area (Å²) in [5.41, 5.74) is 0. The van der Waals surface area contributed by atoms with Gasteiger partial charge in [-0.2, -0.15) is 0 Å². The second kappa shape index (κ2) is 5.77. The highest BCUT2D eigenvalue weighted by Crippen LogP contribution is 2.12. The first kappa shape index (κ1) is 11.2. The van der Waals surface area contributed by atoms with Crippen molar-refractivity contribution in [3.8, 4) is 0 Å². The lowest BCUT2D eigenvalue weighted by Crippen LogP contribution is -2.14. The summed E-state index contributed by atoms with van der Waals surface area (Å²) in [6.07, 6.45) is 3.68. The van der Waals surface area contributed by atoms with Gasteiger partial charge in [-0.05, 0) is 36.7 Å². The van der Waals surface area contributed by atoms with Gasteiger partial charge in [0.1, 0.15) is 0 Å². The third-order valence-electron chi connectivity index (χ3n) is 1.37. The largest absolute Gasteiger partial charge is 0.309 e. The van der Waals surface area contributed by atoms with E-state index in [-0.39, 0.29) is 0 Å². The first-order valence-electron chi connectivity index (χ1n) is 3.93. The van der Waals surface area contributed by atoms with Crippen molar-refractivity contribution in [2.24, 2.45) is 0 Å². The standard InChI is InChI=1S/C8H12IN3S/c1-12(2)3-4-13-8-10-5-7(9)6-11-8/h5-6H,3-4H2,1-2H3. The molecule has 0 unspecified atom stereocenters. The lowest BCUT2D eigenvalue weighted by atomic mass is 10.7. The molecular weight excluding hydrogens is 297 g/mol. The van der Waals surface area contributed by atoms with Gasteiger partial charge in [-0.3, -0.25) is 0 Å². The fourth-order valence-corrected chi connectivity index (χ4v) is 1.87. The van der Waals surface area contributed by atoms with Crippen molar-refractivity contribution in [3.63, 3.8) is 0 Å². The molecule has 0 saturated carbocycles. The van der Waals surface area contributed by atoms with Gasteiger partial charge in [0.25, 0.3) is 0 Å². The molecule has 72 valence electrons. The van der Waals surface area contributed by atoms with Crippen molar-refractivity contribution in [3.05, 3.63) is 16.0 Å². The van der Waals surface area contributed by atoms with Crippen LogP contribution in [-0.4, -0.2) is 41.3 Å². The summed E-state index contributed by atoms with van der Waals surface area (Å²) in [7, 11) is 4.13. The molecule has 0 N–H and O–H groups in total. The molecule has 0 saturated heterocycles. The molecule has 0 spiro atoms. The molecule has 1 heterocycles. The van der Waals surface area contributed by atoms with E-state index in [2.05, 4.69) is 51.6 Å². The van der Waals surface area contributed by atoms with E-state index in [1.807, 2.05) is 12.4 Å². The number of nitrogens with zero attached hydrogens (tertiary/aromatic N) is 3. The van der Waals surface area contributed by atoms with Gasteiger partial charge < -0.3 is 4.90 Å². The Hall–Kier alpha value is 0.120. The van der Waals surface area contributed by atoms with Crippen molar-refractivity contribution in [1.82, 2.24) is 14.9 Å². The predicted molar refractivity (Wildman–Crippen MR) is 64.0 cm³/mol. The highest BCUT2D eigenvalue weighted by molar-refractivity contribution is 14.1. The summed E-state index contributed by atoms with van der Waals surface area (Å²) in [5.74, 6) is 1.04. The molecule has 5 heteroatoms. The number of hydrogen-bond acceptors (Lipinski definition) is 4. The van der Waals surface area contributed by atoms with Gasteiger partial charge in [-0.15, -0.1) is 0 Å². The van der Waals surface area contributed by atoms with Crippen LogP contribution in [0.2, 0.25) is 0 Å². The van der Waals surface area contributed by atoms with Gasteiger partial charge in [0.2, 0.25) is 0 Å². The van der Waals surface area contributed by atoms with E-state index < -0.39 is 0 Å².